The van der Waals surface area contributed by atoms with Gasteiger partial charge in [-0.05, 0) is 26.0 Å². The molecule has 0 unspecified atom stereocenters. The predicted octanol–water partition coefficient (Wildman–Crippen LogP) is 1.79. The Bertz CT molecular complexity index is 514. The lowest BCUT2D eigenvalue weighted by Crippen LogP contribution is -2.39. The number of benzene rings is 1. The van der Waals surface area contributed by atoms with Crippen LogP contribution in [0.2, 0.25) is 0 Å². The average molecular weight is 281 g/mol. The molecule has 7 nitrogen and oxygen atoms in total. The molecule has 0 aliphatic carbocycles. The van der Waals surface area contributed by atoms with Crippen LogP contribution in [0.1, 0.15) is 13.8 Å². The van der Waals surface area contributed by atoms with E-state index in [-0.39, 0.29) is 23.9 Å². The van der Waals surface area contributed by atoms with Gasteiger partial charge >= 0.3 is 5.69 Å². The summed E-state index contributed by atoms with van der Waals surface area (Å²) in [5, 5.41) is 16.6. The summed E-state index contributed by atoms with van der Waals surface area (Å²) in [4.78, 5) is 22.3. The number of hydrogen-bond acceptors (Lipinski definition) is 5. The molecule has 1 amide bonds. The normalized spacial score (nSPS) is 10.8. The van der Waals surface area contributed by atoms with Crippen LogP contribution in [0.5, 0.6) is 5.75 Å². The maximum absolute atomic E-state index is 11.7. The summed E-state index contributed by atoms with van der Waals surface area (Å²) < 4.78 is 4.99. The minimum Gasteiger partial charge on any atom is -0.490 e. The Kier molecular flexibility index (Phi) is 4.90. The van der Waals surface area contributed by atoms with Crippen LogP contribution in [-0.2, 0) is 4.79 Å². The van der Waals surface area contributed by atoms with E-state index < -0.39 is 10.3 Å². The molecule has 1 aromatic rings. The third-order valence-corrected chi connectivity index (χ3v) is 2.96. The van der Waals surface area contributed by atoms with Crippen LogP contribution in [-0.4, -0.2) is 31.5 Å². The highest BCUT2D eigenvalue weighted by Crippen LogP contribution is 2.35. The molecule has 0 fully saturated rings. The Morgan fingerprint density at radius 3 is 2.60 bits per heavy atom. The lowest BCUT2D eigenvalue weighted by atomic mass is 9.92. The molecular formula is C13H19N3O4. The van der Waals surface area contributed by atoms with Gasteiger partial charge in [-0.2, -0.15) is 0 Å². The van der Waals surface area contributed by atoms with Gasteiger partial charge < -0.3 is 15.4 Å². The number of amides is 1. The number of carbonyl (C=O) groups excluding carboxylic acids is 1. The van der Waals surface area contributed by atoms with Crippen molar-refractivity contribution in [3.8, 4) is 5.75 Å². The Labute approximate surface area is 117 Å². The predicted molar refractivity (Wildman–Crippen MR) is 76.0 cm³/mol. The summed E-state index contributed by atoms with van der Waals surface area (Å²) in [5.41, 5.74) is -0.500. The minimum atomic E-state index is -0.689. The monoisotopic (exact) mass is 281 g/mol. The lowest BCUT2D eigenvalue weighted by molar-refractivity contribution is -0.384. The molecule has 0 atom stereocenters. The zero-order valence-electron chi connectivity index (χ0n) is 12.0. The fraction of sp³-hybridized carbons (Fsp3) is 0.462. The SMILES string of the molecule is CNC(=O)C(C)(C)CNc1cccc(OC)c1[N+](=O)[O-]. The topological polar surface area (TPSA) is 93.5 Å². The lowest BCUT2D eigenvalue weighted by Gasteiger charge is -2.23. The second-order valence-electron chi connectivity index (χ2n) is 4.93. The fourth-order valence-corrected chi connectivity index (χ4v) is 1.75. The summed E-state index contributed by atoms with van der Waals surface area (Å²) >= 11 is 0. The Balaban J connectivity index is 2.99. The number of nitrogens with one attached hydrogen (secondary N) is 2. The molecule has 110 valence electrons. The summed E-state index contributed by atoms with van der Waals surface area (Å²) in [5.74, 6) is 0.0355. The number of nitro groups is 1. The van der Waals surface area contributed by atoms with E-state index in [1.54, 1.807) is 33.0 Å². The van der Waals surface area contributed by atoms with E-state index in [4.69, 9.17) is 4.74 Å². The number of nitrogens with zero attached hydrogens (tertiary/aromatic N) is 1. The summed E-state index contributed by atoms with van der Waals surface area (Å²) in [7, 11) is 2.93. The highest BCUT2D eigenvalue weighted by atomic mass is 16.6. The molecule has 7 heteroatoms. The van der Waals surface area contributed by atoms with Gasteiger partial charge in [0.1, 0.15) is 5.69 Å². The highest BCUT2D eigenvalue weighted by Gasteiger charge is 2.28. The molecule has 0 aliphatic rings. The molecule has 0 saturated carbocycles. The maximum atomic E-state index is 11.7. The summed E-state index contributed by atoms with van der Waals surface area (Å²) in [6, 6.07) is 4.76. The minimum absolute atomic E-state index is 0.136. The van der Waals surface area contributed by atoms with E-state index in [0.29, 0.717) is 5.69 Å². The van der Waals surface area contributed by atoms with Gasteiger partial charge in [-0.1, -0.05) is 6.07 Å². The molecule has 0 heterocycles. The van der Waals surface area contributed by atoms with Crippen molar-refractivity contribution in [3.63, 3.8) is 0 Å². The number of para-hydroxylation sites is 1. The molecule has 0 aromatic heterocycles. The van der Waals surface area contributed by atoms with E-state index in [0.717, 1.165) is 0 Å². The van der Waals surface area contributed by atoms with Crippen molar-refractivity contribution >= 4 is 17.3 Å². The Hall–Kier alpha value is -2.31. The van der Waals surface area contributed by atoms with E-state index in [2.05, 4.69) is 10.6 Å². The third kappa shape index (κ3) is 3.37. The first-order chi connectivity index (χ1) is 9.33. The van der Waals surface area contributed by atoms with Crippen LogP contribution >= 0.6 is 0 Å². The summed E-state index contributed by atoms with van der Waals surface area (Å²) in [6.07, 6.45) is 0. The van der Waals surface area contributed by atoms with Gasteiger partial charge in [0.2, 0.25) is 5.91 Å². The van der Waals surface area contributed by atoms with Crippen molar-refractivity contribution < 1.29 is 14.5 Å². The van der Waals surface area contributed by atoms with Crippen LogP contribution in [0.15, 0.2) is 18.2 Å². The zero-order valence-corrected chi connectivity index (χ0v) is 12.0. The van der Waals surface area contributed by atoms with Crippen molar-refractivity contribution in [1.82, 2.24) is 5.32 Å². The number of carbonyl (C=O) groups is 1. The molecular weight excluding hydrogens is 262 g/mol. The number of nitro benzene ring substituents is 1. The van der Waals surface area contributed by atoms with E-state index in [1.807, 2.05) is 0 Å². The van der Waals surface area contributed by atoms with E-state index in [1.165, 1.54) is 13.2 Å². The smallest absolute Gasteiger partial charge is 0.333 e. The van der Waals surface area contributed by atoms with Gasteiger partial charge in [-0.25, -0.2) is 0 Å². The molecule has 1 aromatic carbocycles. The molecule has 1 rings (SSSR count). The largest absolute Gasteiger partial charge is 0.490 e. The van der Waals surface area contributed by atoms with Crippen molar-refractivity contribution in [2.24, 2.45) is 5.41 Å². The first kappa shape index (κ1) is 15.7. The van der Waals surface area contributed by atoms with Crippen molar-refractivity contribution in [2.45, 2.75) is 13.8 Å². The number of ether oxygens (including phenoxy) is 1. The van der Waals surface area contributed by atoms with Crippen molar-refractivity contribution in [3.05, 3.63) is 28.3 Å². The van der Waals surface area contributed by atoms with Gasteiger partial charge in [0.25, 0.3) is 0 Å². The van der Waals surface area contributed by atoms with Gasteiger partial charge in [-0.3, -0.25) is 14.9 Å². The quantitative estimate of drug-likeness (QED) is 0.612. The van der Waals surface area contributed by atoms with E-state index in [9.17, 15) is 14.9 Å². The molecule has 0 bridgehead atoms. The Morgan fingerprint density at radius 2 is 2.10 bits per heavy atom. The van der Waals surface area contributed by atoms with Crippen LogP contribution in [0.25, 0.3) is 0 Å². The second kappa shape index (κ2) is 6.23. The van der Waals surface area contributed by atoms with Gasteiger partial charge in [-0.15, -0.1) is 0 Å². The zero-order chi connectivity index (χ0) is 15.3. The molecule has 0 aliphatic heterocycles. The van der Waals surface area contributed by atoms with Gasteiger partial charge in [0, 0.05) is 13.6 Å². The molecule has 0 spiro atoms. The maximum Gasteiger partial charge on any atom is 0.333 e. The average Bonchev–Trinajstić information content (AvgIpc) is 2.43. The van der Waals surface area contributed by atoms with Crippen LogP contribution in [0.4, 0.5) is 11.4 Å². The van der Waals surface area contributed by atoms with Crippen LogP contribution < -0.4 is 15.4 Å². The molecule has 20 heavy (non-hydrogen) atoms. The number of rotatable bonds is 6. The second-order valence-corrected chi connectivity index (χ2v) is 4.93. The molecule has 0 saturated heterocycles. The highest BCUT2D eigenvalue weighted by molar-refractivity contribution is 5.82. The molecule has 2 N–H and O–H groups in total. The first-order valence-electron chi connectivity index (χ1n) is 6.11. The number of methoxy groups -OCH3 is 1. The summed E-state index contributed by atoms with van der Waals surface area (Å²) in [6.45, 7) is 3.77. The Morgan fingerprint density at radius 1 is 1.45 bits per heavy atom. The van der Waals surface area contributed by atoms with E-state index >= 15 is 0 Å². The number of hydrogen-bond donors (Lipinski definition) is 2. The van der Waals surface area contributed by atoms with Crippen molar-refractivity contribution in [2.75, 3.05) is 26.0 Å². The van der Waals surface area contributed by atoms with Crippen LogP contribution in [0, 0.1) is 15.5 Å². The van der Waals surface area contributed by atoms with Gasteiger partial charge in [0.05, 0.1) is 17.4 Å². The van der Waals surface area contributed by atoms with Crippen molar-refractivity contribution in [1.29, 1.82) is 0 Å². The first-order valence-corrected chi connectivity index (χ1v) is 6.11. The fourth-order valence-electron chi connectivity index (χ4n) is 1.75. The van der Waals surface area contributed by atoms with Crippen LogP contribution in [0.3, 0.4) is 0 Å². The third-order valence-electron chi connectivity index (χ3n) is 2.96. The molecule has 0 radical (unpaired) electrons. The standard InChI is InChI=1S/C13H19N3O4/c1-13(2,12(17)14-3)8-15-9-6-5-7-10(20-4)11(9)16(18)19/h5-7,15H,8H2,1-4H3,(H,14,17). The van der Waals surface area contributed by atoms with Gasteiger partial charge in [0.15, 0.2) is 5.75 Å². The number of anilines is 1.